The lowest BCUT2D eigenvalue weighted by Crippen LogP contribution is -2.34. The van der Waals surface area contributed by atoms with Gasteiger partial charge in [0, 0.05) is 18.8 Å². The van der Waals surface area contributed by atoms with Crippen molar-refractivity contribution in [1.82, 2.24) is 15.0 Å². The predicted octanol–water partition coefficient (Wildman–Crippen LogP) is 4.19. The van der Waals surface area contributed by atoms with Crippen LogP contribution in [0.5, 0.6) is 0 Å². The Morgan fingerprint density at radius 1 is 1.04 bits per heavy atom. The third kappa shape index (κ3) is 2.56. The Labute approximate surface area is 144 Å². The van der Waals surface area contributed by atoms with Gasteiger partial charge in [0.15, 0.2) is 5.58 Å². The second-order valence-corrected chi connectivity index (χ2v) is 7.01. The van der Waals surface area contributed by atoms with Crippen LogP contribution in [0.25, 0.3) is 22.5 Å². The van der Waals surface area contributed by atoms with Crippen LogP contribution in [0.4, 0.5) is 10.4 Å². The van der Waals surface area contributed by atoms with Crippen LogP contribution in [0.3, 0.4) is 0 Å². The van der Waals surface area contributed by atoms with Gasteiger partial charge in [0.25, 0.3) is 6.01 Å². The fraction of sp³-hybridized carbons (Fsp3) is 0.421. The zero-order chi connectivity index (χ0) is 16.8. The second kappa shape index (κ2) is 5.79. The van der Waals surface area contributed by atoms with Gasteiger partial charge in [-0.25, -0.2) is 9.97 Å². The highest BCUT2D eigenvalue weighted by Gasteiger charge is 2.32. The molecule has 0 unspecified atom stereocenters. The SMILES string of the molecule is Fc1ncccc1-c1ccc2oc(N3CCC4CCC3CC4)nc2n1. The monoisotopic (exact) mass is 338 g/mol. The highest BCUT2D eigenvalue weighted by atomic mass is 19.1. The molecule has 3 fully saturated rings. The molecule has 0 N–H and O–H groups in total. The van der Waals surface area contributed by atoms with Crippen molar-refractivity contribution < 1.29 is 8.81 Å². The minimum Gasteiger partial charge on any atom is -0.422 e. The Morgan fingerprint density at radius 2 is 1.92 bits per heavy atom. The van der Waals surface area contributed by atoms with Crippen molar-refractivity contribution in [1.29, 1.82) is 0 Å². The predicted molar refractivity (Wildman–Crippen MR) is 92.7 cm³/mol. The molecule has 5 heterocycles. The molecule has 2 saturated heterocycles. The van der Waals surface area contributed by atoms with Crippen molar-refractivity contribution in [3.63, 3.8) is 0 Å². The minimum absolute atomic E-state index is 0.377. The molecule has 1 aliphatic carbocycles. The fourth-order valence-electron chi connectivity index (χ4n) is 4.16. The first-order valence-corrected chi connectivity index (χ1v) is 8.93. The van der Waals surface area contributed by atoms with Gasteiger partial charge in [-0.2, -0.15) is 9.37 Å². The van der Waals surface area contributed by atoms with Gasteiger partial charge in [0.1, 0.15) is 0 Å². The number of hydrogen-bond acceptors (Lipinski definition) is 5. The van der Waals surface area contributed by atoms with E-state index in [0.29, 0.717) is 34.5 Å². The molecule has 3 aliphatic rings. The molecule has 0 spiro atoms. The normalized spacial score (nSPS) is 23.2. The zero-order valence-electron chi connectivity index (χ0n) is 13.9. The molecule has 1 saturated carbocycles. The Bertz CT molecular complexity index is 917. The van der Waals surface area contributed by atoms with Crippen LogP contribution in [-0.4, -0.2) is 27.5 Å². The minimum atomic E-state index is -0.525. The Balaban J connectivity index is 1.53. The average Bonchev–Trinajstić information content (AvgIpc) is 2.82. The molecule has 0 atom stereocenters. The largest absolute Gasteiger partial charge is 0.422 e. The Kier molecular flexibility index (Phi) is 3.43. The second-order valence-electron chi connectivity index (χ2n) is 7.01. The van der Waals surface area contributed by atoms with Crippen molar-refractivity contribution >= 4 is 17.2 Å². The number of halogens is 1. The maximum absolute atomic E-state index is 13.9. The zero-order valence-corrected chi connectivity index (χ0v) is 13.9. The van der Waals surface area contributed by atoms with E-state index in [1.165, 1.54) is 38.3 Å². The summed E-state index contributed by atoms with van der Waals surface area (Å²) in [4.78, 5) is 15.1. The van der Waals surface area contributed by atoms with E-state index >= 15 is 0 Å². The smallest absolute Gasteiger partial charge is 0.300 e. The van der Waals surface area contributed by atoms with Gasteiger partial charge in [-0.3, -0.25) is 0 Å². The third-order valence-electron chi connectivity index (χ3n) is 5.56. The third-order valence-corrected chi connectivity index (χ3v) is 5.56. The molecule has 2 bridgehead atoms. The number of hydrogen-bond donors (Lipinski definition) is 0. The first kappa shape index (κ1) is 14.8. The highest BCUT2D eigenvalue weighted by Crippen LogP contribution is 2.37. The number of rotatable bonds is 2. The molecule has 6 rings (SSSR count). The van der Waals surface area contributed by atoms with Crippen LogP contribution in [0.1, 0.15) is 32.1 Å². The average molecular weight is 338 g/mol. The summed E-state index contributed by atoms with van der Waals surface area (Å²) in [7, 11) is 0. The van der Waals surface area contributed by atoms with Crippen LogP contribution in [0.2, 0.25) is 0 Å². The lowest BCUT2D eigenvalue weighted by molar-refractivity contribution is 0.350. The quantitative estimate of drug-likeness (QED) is 0.656. The summed E-state index contributed by atoms with van der Waals surface area (Å²) in [6.45, 7) is 0.992. The topological polar surface area (TPSA) is 55.1 Å². The molecule has 6 heteroatoms. The van der Waals surface area contributed by atoms with E-state index < -0.39 is 5.95 Å². The van der Waals surface area contributed by atoms with Crippen LogP contribution in [0, 0.1) is 11.9 Å². The number of anilines is 1. The molecule has 3 aromatic heterocycles. The van der Waals surface area contributed by atoms with E-state index in [0.717, 1.165) is 12.5 Å². The number of nitrogens with zero attached hydrogens (tertiary/aromatic N) is 4. The van der Waals surface area contributed by atoms with Crippen LogP contribution in [-0.2, 0) is 0 Å². The van der Waals surface area contributed by atoms with Crippen LogP contribution in [0.15, 0.2) is 34.9 Å². The van der Waals surface area contributed by atoms with E-state index in [1.807, 2.05) is 6.07 Å². The molecular formula is C19H19FN4O. The molecule has 0 amide bonds. The maximum Gasteiger partial charge on any atom is 0.300 e. The molecule has 0 aromatic carbocycles. The van der Waals surface area contributed by atoms with E-state index in [2.05, 4.69) is 19.9 Å². The lowest BCUT2D eigenvalue weighted by atomic mass is 9.86. The number of fused-ring (bicyclic) bond motifs is 5. The molecule has 5 nitrogen and oxygen atoms in total. The van der Waals surface area contributed by atoms with Gasteiger partial charge in [-0.1, -0.05) is 0 Å². The molecule has 3 aromatic rings. The van der Waals surface area contributed by atoms with Crippen LogP contribution < -0.4 is 4.90 Å². The first-order valence-electron chi connectivity index (χ1n) is 8.93. The number of pyridine rings is 2. The van der Waals surface area contributed by atoms with E-state index in [4.69, 9.17) is 4.42 Å². The summed E-state index contributed by atoms with van der Waals surface area (Å²) in [6.07, 6.45) is 7.68. The highest BCUT2D eigenvalue weighted by molar-refractivity contribution is 5.75. The van der Waals surface area contributed by atoms with Crippen molar-refractivity contribution in [3.05, 3.63) is 36.4 Å². The van der Waals surface area contributed by atoms with E-state index in [-0.39, 0.29) is 0 Å². The van der Waals surface area contributed by atoms with Gasteiger partial charge in [-0.05, 0) is 62.3 Å². The molecule has 2 aliphatic heterocycles. The van der Waals surface area contributed by atoms with Gasteiger partial charge in [0.05, 0.1) is 11.3 Å². The molecule has 128 valence electrons. The molecular weight excluding hydrogens is 319 g/mol. The van der Waals surface area contributed by atoms with Crippen LogP contribution >= 0.6 is 0 Å². The van der Waals surface area contributed by atoms with Gasteiger partial charge < -0.3 is 9.32 Å². The standard InChI is InChI=1S/C19H19FN4O/c20-17-14(2-1-10-21-17)15-7-8-16-18(22-15)23-19(25-16)24-11-9-12-3-5-13(24)6-4-12/h1-2,7-8,10,12-13H,3-6,9,11H2. The first-order chi connectivity index (χ1) is 12.3. The van der Waals surface area contributed by atoms with Crippen molar-refractivity contribution in [3.8, 4) is 11.3 Å². The summed E-state index contributed by atoms with van der Waals surface area (Å²) in [5.74, 6) is 0.325. The maximum atomic E-state index is 13.9. The fourth-order valence-corrected chi connectivity index (χ4v) is 4.16. The van der Waals surface area contributed by atoms with Crippen molar-refractivity contribution in [2.75, 3.05) is 11.4 Å². The summed E-state index contributed by atoms with van der Waals surface area (Å²) in [5.41, 5.74) is 2.06. The number of aromatic nitrogens is 3. The number of oxazole rings is 1. The Hall–Kier alpha value is -2.50. The van der Waals surface area contributed by atoms with Gasteiger partial charge in [0.2, 0.25) is 11.6 Å². The summed E-state index contributed by atoms with van der Waals surface area (Å²) >= 11 is 0. The van der Waals surface area contributed by atoms with Crippen molar-refractivity contribution in [2.45, 2.75) is 38.1 Å². The van der Waals surface area contributed by atoms with E-state index in [9.17, 15) is 4.39 Å². The summed E-state index contributed by atoms with van der Waals surface area (Å²) < 4.78 is 19.9. The van der Waals surface area contributed by atoms with Crippen molar-refractivity contribution in [2.24, 2.45) is 5.92 Å². The van der Waals surface area contributed by atoms with Gasteiger partial charge >= 0.3 is 0 Å². The summed E-state index contributed by atoms with van der Waals surface area (Å²) in [6, 6.07) is 8.11. The molecule has 25 heavy (non-hydrogen) atoms. The molecule has 0 radical (unpaired) electrons. The van der Waals surface area contributed by atoms with Gasteiger partial charge in [-0.15, -0.1) is 0 Å². The Morgan fingerprint density at radius 3 is 2.76 bits per heavy atom. The lowest BCUT2D eigenvalue weighted by Gasteiger charge is -2.29. The van der Waals surface area contributed by atoms with E-state index in [1.54, 1.807) is 18.2 Å². The summed E-state index contributed by atoms with van der Waals surface area (Å²) in [5, 5.41) is 0.